The van der Waals surface area contributed by atoms with Gasteiger partial charge in [-0.15, -0.1) is 0 Å². The van der Waals surface area contributed by atoms with Crippen LogP contribution in [0, 0.1) is 0 Å². The van der Waals surface area contributed by atoms with Gasteiger partial charge in [-0.2, -0.15) is 0 Å². The standard InChI is InChI=1S/C44H67ClN10O13/c1-54(28(42(48)67)7-3-5-19-55(20-29(58)35(63)37(65)31(60)22-56)21-30(59)36(64)38(66)32(61)23-57)33(62)17-12-25-10-15-27(16-11-25)26-13-8-24(9-14-26)6-2-4-18-50-44(49)53-43(68)34-40(46)52-41(47)39(45)51-34/h8-11,13-16,28-32,35-38,56-61,63-66H,2-7,12,17-23H2,1H3,(H2,48,67)(H4,46,47,52)(H3,49,50,53,68). The average Bonchev–Trinajstić information content (AvgIpc) is 3.32. The number of aliphatic hydroxyl groups excluding tert-OH is 10. The maximum atomic E-state index is 13.3. The Morgan fingerprint density at radius 1 is 0.691 bits per heavy atom. The third-order valence-corrected chi connectivity index (χ3v) is 11.6. The van der Waals surface area contributed by atoms with Crippen molar-refractivity contribution in [2.24, 2.45) is 16.5 Å². The van der Waals surface area contributed by atoms with Gasteiger partial charge in [0.1, 0.15) is 42.7 Å². The molecule has 0 saturated carbocycles. The van der Waals surface area contributed by atoms with Gasteiger partial charge in [-0.25, -0.2) is 9.97 Å². The van der Waals surface area contributed by atoms with E-state index >= 15 is 0 Å². The normalized spacial score (nSPS) is 16.0. The fourth-order valence-corrected chi connectivity index (χ4v) is 7.25. The molecule has 3 rings (SSSR count). The molecule has 0 spiro atoms. The summed E-state index contributed by atoms with van der Waals surface area (Å²) in [6.45, 7) is -2.27. The summed E-state index contributed by atoms with van der Waals surface area (Å²) in [5.41, 5.74) is 26.6. The number of carbonyl (C=O) groups is 3. The number of guanidine groups is 1. The van der Waals surface area contributed by atoms with Gasteiger partial charge >= 0.3 is 0 Å². The molecule has 0 fully saturated rings. The van der Waals surface area contributed by atoms with E-state index in [9.17, 15) is 55.2 Å². The summed E-state index contributed by atoms with van der Waals surface area (Å²) < 4.78 is 0. The number of aliphatic imine (C=N–C) groups is 1. The van der Waals surface area contributed by atoms with Crippen molar-refractivity contribution in [3.63, 3.8) is 0 Å². The number of likely N-dealkylation sites (N-methyl/N-ethyl adjacent to an activating group) is 1. The van der Waals surface area contributed by atoms with E-state index in [1.807, 2.05) is 48.5 Å². The Balaban J connectivity index is 1.48. The number of halogens is 1. The van der Waals surface area contributed by atoms with Crippen molar-refractivity contribution >= 4 is 46.9 Å². The van der Waals surface area contributed by atoms with E-state index in [-0.39, 0.29) is 60.2 Å². The number of nitrogens with zero attached hydrogens (tertiary/aromatic N) is 5. The largest absolute Gasteiger partial charge is 0.394 e. The highest BCUT2D eigenvalue weighted by Crippen LogP contribution is 2.23. The summed E-state index contributed by atoms with van der Waals surface area (Å²) in [5, 5.41) is 102. The molecule has 68 heavy (non-hydrogen) atoms. The van der Waals surface area contributed by atoms with Gasteiger partial charge in [0, 0.05) is 33.1 Å². The van der Waals surface area contributed by atoms with Crippen LogP contribution >= 0.6 is 11.6 Å². The molecule has 9 unspecified atom stereocenters. The van der Waals surface area contributed by atoms with Gasteiger partial charge in [0.15, 0.2) is 28.4 Å². The second-order valence-corrected chi connectivity index (χ2v) is 16.8. The van der Waals surface area contributed by atoms with Gasteiger partial charge in [0.05, 0.1) is 25.4 Å². The van der Waals surface area contributed by atoms with E-state index in [1.54, 1.807) is 0 Å². The number of primary amides is 1. The van der Waals surface area contributed by atoms with Gasteiger partial charge < -0.3 is 78.9 Å². The van der Waals surface area contributed by atoms with Crippen molar-refractivity contribution < 1.29 is 65.4 Å². The minimum absolute atomic E-state index is 0.0457. The quantitative estimate of drug-likeness (QED) is 0.0183. The first-order valence-corrected chi connectivity index (χ1v) is 22.4. The number of hydrogen-bond acceptors (Lipinski definition) is 19. The molecular weight excluding hydrogens is 912 g/mol. The summed E-state index contributed by atoms with van der Waals surface area (Å²) in [5.74, 6) is -2.16. The highest BCUT2D eigenvalue weighted by Gasteiger charge is 2.34. The number of nitrogens with one attached hydrogen (secondary N) is 1. The molecule has 3 amide bonds. The predicted octanol–water partition coefficient (Wildman–Crippen LogP) is -3.38. The number of benzene rings is 2. The maximum absolute atomic E-state index is 13.3. The number of anilines is 2. The second kappa shape index (κ2) is 28.4. The highest BCUT2D eigenvalue weighted by molar-refractivity contribution is 6.31. The van der Waals surface area contributed by atoms with Crippen molar-refractivity contribution in [3.8, 4) is 11.1 Å². The molecule has 19 N–H and O–H groups in total. The minimum atomic E-state index is -1.94. The van der Waals surface area contributed by atoms with Crippen LogP contribution in [-0.4, -0.2) is 196 Å². The topological polar surface area (TPSA) is 414 Å². The number of aliphatic hydroxyl groups is 10. The number of unbranched alkanes of at least 4 members (excludes halogenated alkanes) is 2. The van der Waals surface area contributed by atoms with Gasteiger partial charge in [-0.3, -0.25) is 29.6 Å². The molecule has 0 bridgehead atoms. The number of aryl methyl sites for hydroxylation is 2. The summed E-state index contributed by atoms with van der Waals surface area (Å²) >= 11 is 5.83. The first-order chi connectivity index (χ1) is 32.2. The van der Waals surface area contributed by atoms with Crippen LogP contribution in [-0.2, 0) is 22.4 Å². The Hall–Kier alpha value is -5.15. The van der Waals surface area contributed by atoms with Crippen LogP contribution in [0.1, 0.15) is 60.1 Å². The van der Waals surface area contributed by atoms with Crippen molar-refractivity contribution in [2.45, 2.75) is 106 Å². The molecule has 0 saturated heterocycles. The van der Waals surface area contributed by atoms with Gasteiger partial charge in [0.2, 0.25) is 11.8 Å². The molecule has 1 heterocycles. The van der Waals surface area contributed by atoms with Gasteiger partial charge in [-0.05, 0) is 73.7 Å². The lowest BCUT2D eigenvalue weighted by molar-refractivity contribution is -0.138. The Labute approximate surface area is 398 Å². The number of nitrogens with two attached hydrogens (primary N) is 4. The lowest BCUT2D eigenvalue weighted by atomic mass is 9.99. The summed E-state index contributed by atoms with van der Waals surface area (Å²) in [7, 11) is 1.48. The van der Waals surface area contributed by atoms with E-state index in [0.29, 0.717) is 25.8 Å². The molecule has 0 aliphatic rings. The van der Waals surface area contributed by atoms with E-state index in [1.165, 1.54) is 16.8 Å². The van der Waals surface area contributed by atoms with Crippen molar-refractivity contribution in [3.05, 3.63) is 70.5 Å². The minimum Gasteiger partial charge on any atom is -0.394 e. The Morgan fingerprint density at radius 3 is 1.69 bits per heavy atom. The van der Waals surface area contributed by atoms with Crippen LogP contribution in [0.4, 0.5) is 11.6 Å². The monoisotopic (exact) mass is 978 g/mol. The molecule has 1 aromatic heterocycles. The van der Waals surface area contributed by atoms with Gasteiger partial charge in [-0.1, -0.05) is 60.1 Å². The number of carbonyl (C=O) groups excluding carboxylic acids is 3. The first kappa shape index (κ1) is 57.2. The first-order valence-electron chi connectivity index (χ1n) is 22.0. The average molecular weight is 980 g/mol. The summed E-state index contributed by atoms with van der Waals surface area (Å²) in [6, 6.07) is 14.9. The highest BCUT2D eigenvalue weighted by atomic mass is 35.5. The Kier molecular flexibility index (Phi) is 23.8. The van der Waals surface area contributed by atoms with Crippen LogP contribution in [0.2, 0.25) is 5.15 Å². The number of nitrogen functional groups attached to an aromatic ring is 2. The zero-order chi connectivity index (χ0) is 50.7. The van der Waals surface area contributed by atoms with E-state index in [0.717, 1.165) is 35.1 Å². The molecule has 24 heteroatoms. The van der Waals surface area contributed by atoms with E-state index in [4.69, 9.17) is 44.7 Å². The smallest absolute Gasteiger partial charge is 0.280 e. The molecule has 0 aliphatic heterocycles. The molecule has 0 aliphatic carbocycles. The number of aromatic nitrogens is 2. The number of hydrogen-bond donors (Lipinski definition) is 15. The van der Waals surface area contributed by atoms with Crippen LogP contribution in [0.25, 0.3) is 11.1 Å². The second-order valence-electron chi connectivity index (χ2n) is 16.5. The molecule has 23 nitrogen and oxygen atoms in total. The van der Waals surface area contributed by atoms with Crippen molar-refractivity contribution in [1.82, 2.24) is 25.1 Å². The fraction of sp³-hybridized carbons (Fsp3) is 0.545. The number of rotatable bonds is 29. The zero-order valence-corrected chi connectivity index (χ0v) is 38.6. The maximum Gasteiger partial charge on any atom is 0.280 e. The molecule has 3 aromatic rings. The van der Waals surface area contributed by atoms with Crippen molar-refractivity contribution in [1.29, 1.82) is 0 Å². The molecule has 2 aromatic carbocycles. The molecule has 378 valence electrons. The van der Waals surface area contributed by atoms with E-state index < -0.39 is 93.0 Å². The summed E-state index contributed by atoms with van der Waals surface area (Å²) in [6.07, 6.45) is -11.2. The van der Waals surface area contributed by atoms with Gasteiger partial charge in [0.25, 0.3) is 5.91 Å². The third kappa shape index (κ3) is 17.7. The molecular formula is C44H67ClN10O13. The van der Waals surface area contributed by atoms with Crippen LogP contribution in [0.5, 0.6) is 0 Å². The molecule has 9 atom stereocenters. The Morgan fingerprint density at radius 2 is 1.19 bits per heavy atom. The SMILES string of the molecule is CN(C(=O)CCc1ccc(-c2ccc(CCCCN=C(N)NC(=O)c3nc(Cl)c(N)nc3N)cc2)cc1)C(CCCCN(CC(O)C(O)C(O)C(O)CO)CC(O)C(O)C(O)C(O)CO)C(N)=O. The zero-order valence-electron chi connectivity index (χ0n) is 37.8. The lowest BCUT2D eigenvalue weighted by Gasteiger charge is -2.33. The van der Waals surface area contributed by atoms with E-state index in [2.05, 4.69) is 20.3 Å². The van der Waals surface area contributed by atoms with Crippen molar-refractivity contribution in [2.75, 3.05) is 57.9 Å². The van der Waals surface area contributed by atoms with Crippen LogP contribution in [0.15, 0.2) is 53.5 Å². The molecule has 0 radical (unpaired) electrons. The third-order valence-electron chi connectivity index (χ3n) is 11.3. The number of amides is 3. The Bertz CT molecular complexity index is 2040. The summed E-state index contributed by atoms with van der Waals surface area (Å²) in [4.78, 5) is 52.6. The van der Waals surface area contributed by atoms with Crippen LogP contribution in [0.3, 0.4) is 0 Å². The predicted molar refractivity (Wildman–Crippen MR) is 251 cm³/mol. The lowest BCUT2D eigenvalue weighted by Crippen LogP contribution is -2.53. The fourth-order valence-electron chi connectivity index (χ4n) is 7.12. The van der Waals surface area contributed by atoms with Crippen LogP contribution < -0.4 is 28.3 Å².